The average Bonchev–Trinajstić information content (AvgIpc) is 2.86. The van der Waals surface area contributed by atoms with Crippen LogP contribution in [0.25, 0.3) is 0 Å². The molecule has 3 rings (SSSR count). The number of fused-ring (bicyclic) bond motifs is 1. The highest BCUT2D eigenvalue weighted by Crippen LogP contribution is 2.25. The van der Waals surface area contributed by atoms with E-state index >= 15 is 0 Å². The zero-order valence-corrected chi connectivity index (χ0v) is 10.8. The number of hydrogen-bond acceptors (Lipinski definition) is 2. The first-order valence-electron chi connectivity index (χ1n) is 6.72. The predicted octanol–water partition coefficient (Wildman–Crippen LogP) is 2.87. The molecule has 0 radical (unpaired) electrons. The van der Waals surface area contributed by atoms with Crippen molar-refractivity contribution >= 4 is 5.69 Å². The summed E-state index contributed by atoms with van der Waals surface area (Å²) in [5.74, 6) is 0. The van der Waals surface area contributed by atoms with Crippen LogP contribution in [-0.4, -0.2) is 15.8 Å². The molecule has 1 aliphatic heterocycles. The van der Waals surface area contributed by atoms with E-state index in [0.717, 1.165) is 13.0 Å². The van der Waals surface area contributed by atoms with Gasteiger partial charge in [-0.3, -0.25) is 4.68 Å². The molecule has 1 aliphatic rings. The van der Waals surface area contributed by atoms with Crippen molar-refractivity contribution in [2.75, 3.05) is 5.32 Å². The fourth-order valence-corrected chi connectivity index (χ4v) is 2.72. The Balaban J connectivity index is 1.73. The van der Waals surface area contributed by atoms with Gasteiger partial charge in [-0.1, -0.05) is 18.2 Å². The summed E-state index contributed by atoms with van der Waals surface area (Å²) < 4.78 is 2.09. The third-order valence-electron chi connectivity index (χ3n) is 3.70. The second-order valence-corrected chi connectivity index (χ2v) is 4.88. The molecule has 0 fully saturated rings. The standard InChI is InChI=1S/C15H19N3/c1-2-18-14(9-10-16-18)11-13-8-7-12-5-3-4-6-15(12)17-13/h3-6,9-10,13,17H,2,7-8,11H2,1H3. The van der Waals surface area contributed by atoms with E-state index in [1.54, 1.807) is 0 Å². The number of aryl methyl sites for hydroxylation is 2. The third-order valence-corrected chi connectivity index (χ3v) is 3.70. The molecule has 18 heavy (non-hydrogen) atoms. The van der Waals surface area contributed by atoms with E-state index in [1.807, 2.05) is 6.20 Å². The molecule has 0 amide bonds. The second kappa shape index (κ2) is 4.84. The summed E-state index contributed by atoms with van der Waals surface area (Å²) in [4.78, 5) is 0. The average molecular weight is 241 g/mol. The lowest BCUT2D eigenvalue weighted by Gasteiger charge is -2.27. The van der Waals surface area contributed by atoms with Crippen LogP contribution in [0.4, 0.5) is 5.69 Å². The van der Waals surface area contributed by atoms with Crippen molar-refractivity contribution in [1.29, 1.82) is 0 Å². The lowest BCUT2D eigenvalue weighted by molar-refractivity contribution is 0.566. The van der Waals surface area contributed by atoms with Crippen molar-refractivity contribution in [3.05, 3.63) is 47.8 Å². The summed E-state index contributed by atoms with van der Waals surface area (Å²) in [6.07, 6.45) is 5.33. The number of rotatable bonds is 3. The number of anilines is 1. The fraction of sp³-hybridized carbons (Fsp3) is 0.400. The van der Waals surface area contributed by atoms with Gasteiger partial charge in [0.2, 0.25) is 0 Å². The maximum Gasteiger partial charge on any atom is 0.0492 e. The van der Waals surface area contributed by atoms with E-state index in [1.165, 1.54) is 29.8 Å². The molecule has 2 aromatic rings. The van der Waals surface area contributed by atoms with Crippen LogP contribution < -0.4 is 5.32 Å². The van der Waals surface area contributed by atoms with Gasteiger partial charge in [0, 0.05) is 36.6 Å². The summed E-state index contributed by atoms with van der Waals surface area (Å²) in [5.41, 5.74) is 4.07. The molecule has 1 unspecified atom stereocenters. The van der Waals surface area contributed by atoms with E-state index in [-0.39, 0.29) is 0 Å². The highest BCUT2D eigenvalue weighted by molar-refractivity contribution is 5.53. The zero-order chi connectivity index (χ0) is 12.4. The first-order chi connectivity index (χ1) is 8.86. The third kappa shape index (κ3) is 2.13. The van der Waals surface area contributed by atoms with E-state index in [4.69, 9.17) is 0 Å². The van der Waals surface area contributed by atoms with Crippen LogP contribution in [0.3, 0.4) is 0 Å². The minimum absolute atomic E-state index is 0.530. The van der Waals surface area contributed by atoms with E-state index in [9.17, 15) is 0 Å². The quantitative estimate of drug-likeness (QED) is 0.895. The summed E-state index contributed by atoms with van der Waals surface area (Å²) >= 11 is 0. The van der Waals surface area contributed by atoms with Crippen molar-refractivity contribution in [3.63, 3.8) is 0 Å². The Hall–Kier alpha value is -1.77. The Morgan fingerprint density at radius 2 is 2.22 bits per heavy atom. The number of para-hydroxylation sites is 1. The first-order valence-corrected chi connectivity index (χ1v) is 6.72. The van der Waals surface area contributed by atoms with Crippen molar-refractivity contribution in [1.82, 2.24) is 9.78 Å². The van der Waals surface area contributed by atoms with Crippen LogP contribution in [0.15, 0.2) is 36.5 Å². The normalized spacial score (nSPS) is 18.2. The van der Waals surface area contributed by atoms with Gasteiger partial charge in [0.1, 0.15) is 0 Å². The van der Waals surface area contributed by atoms with Gasteiger partial charge in [-0.05, 0) is 37.5 Å². The molecule has 1 N–H and O–H groups in total. The van der Waals surface area contributed by atoms with E-state index < -0.39 is 0 Å². The van der Waals surface area contributed by atoms with Crippen LogP contribution in [-0.2, 0) is 19.4 Å². The van der Waals surface area contributed by atoms with Gasteiger partial charge >= 0.3 is 0 Å². The van der Waals surface area contributed by atoms with Gasteiger partial charge < -0.3 is 5.32 Å². The van der Waals surface area contributed by atoms with Gasteiger partial charge in [0.15, 0.2) is 0 Å². The first kappa shape index (κ1) is 11.3. The smallest absolute Gasteiger partial charge is 0.0492 e. The van der Waals surface area contributed by atoms with Crippen LogP contribution in [0.5, 0.6) is 0 Å². The van der Waals surface area contributed by atoms with Crippen molar-refractivity contribution < 1.29 is 0 Å². The maximum atomic E-state index is 4.33. The molecule has 2 heterocycles. The molecular weight excluding hydrogens is 222 g/mol. The van der Waals surface area contributed by atoms with Crippen molar-refractivity contribution in [2.45, 2.75) is 38.8 Å². The molecule has 0 aliphatic carbocycles. The number of nitrogens with zero attached hydrogens (tertiary/aromatic N) is 2. The SMILES string of the molecule is CCn1nccc1CC1CCc2ccccc2N1. The Morgan fingerprint density at radius 1 is 1.33 bits per heavy atom. The topological polar surface area (TPSA) is 29.9 Å². The number of benzene rings is 1. The highest BCUT2D eigenvalue weighted by atomic mass is 15.3. The fourth-order valence-electron chi connectivity index (χ4n) is 2.72. The Labute approximate surface area is 108 Å². The molecule has 3 nitrogen and oxygen atoms in total. The van der Waals surface area contributed by atoms with Crippen LogP contribution in [0.1, 0.15) is 24.6 Å². The maximum absolute atomic E-state index is 4.33. The van der Waals surface area contributed by atoms with Crippen molar-refractivity contribution in [3.8, 4) is 0 Å². The Kier molecular flexibility index (Phi) is 3.05. The summed E-state index contributed by atoms with van der Waals surface area (Å²) in [6.45, 7) is 3.09. The van der Waals surface area contributed by atoms with E-state index in [0.29, 0.717) is 6.04 Å². The molecule has 94 valence electrons. The number of aromatic nitrogens is 2. The molecule has 1 aromatic carbocycles. The van der Waals surface area contributed by atoms with Crippen LogP contribution in [0.2, 0.25) is 0 Å². The summed E-state index contributed by atoms with van der Waals surface area (Å²) in [5, 5.41) is 7.98. The highest BCUT2D eigenvalue weighted by Gasteiger charge is 2.18. The lowest BCUT2D eigenvalue weighted by Crippen LogP contribution is -2.28. The van der Waals surface area contributed by atoms with Crippen molar-refractivity contribution in [2.24, 2.45) is 0 Å². The minimum atomic E-state index is 0.530. The van der Waals surface area contributed by atoms with Gasteiger partial charge in [-0.25, -0.2) is 0 Å². The van der Waals surface area contributed by atoms with Gasteiger partial charge in [0.05, 0.1) is 0 Å². The predicted molar refractivity (Wildman–Crippen MR) is 73.8 cm³/mol. The molecule has 1 aromatic heterocycles. The molecule has 0 saturated carbocycles. The van der Waals surface area contributed by atoms with Crippen LogP contribution in [0, 0.1) is 0 Å². The van der Waals surface area contributed by atoms with E-state index in [2.05, 4.69) is 52.4 Å². The van der Waals surface area contributed by atoms with Gasteiger partial charge in [0.25, 0.3) is 0 Å². The Morgan fingerprint density at radius 3 is 3.11 bits per heavy atom. The molecule has 0 bridgehead atoms. The monoisotopic (exact) mass is 241 g/mol. The molecule has 3 heteroatoms. The summed E-state index contributed by atoms with van der Waals surface area (Å²) in [6, 6.07) is 11.3. The molecular formula is C15H19N3. The molecule has 0 spiro atoms. The Bertz CT molecular complexity index is 530. The minimum Gasteiger partial charge on any atom is -0.382 e. The number of nitrogens with one attached hydrogen (secondary N) is 1. The van der Waals surface area contributed by atoms with Gasteiger partial charge in [-0.15, -0.1) is 0 Å². The molecule has 0 saturated heterocycles. The van der Waals surface area contributed by atoms with Gasteiger partial charge in [-0.2, -0.15) is 5.10 Å². The second-order valence-electron chi connectivity index (χ2n) is 4.88. The molecule has 1 atom stereocenters. The van der Waals surface area contributed by atoms with Crippen LogP contribution >= 0.6 is 0 Å². The summed E-state index contributed by atoms with van der Waals surface area (Å²) in [7, 11) is 0. The number of hydrogen-bond donors (Lipinski definition) is 1. The largest absolute Gasteiger partial charge is 0.382 e. The zero-order valence-electron chi connectivity index (χ0n) is 10.8. The lowest BCUT2D eigenvalue weighted by atomic mass is 9.95.